The van der Waals surface area contributed by atoms with Crippen LogP contribution in [0.25, 0.3) is 0 Å². The van der Waals surface area contributed by atoms with E-state index in [4.69, 9.17) is 0 Å². The summed E-state index contributed by atoms with van der Waals surface area (Å²) in [6.07, 6.45) is 1.90. The van der Waals surface area contributed by atoms with Crippen LogP contribution in [-0.2, 0) is 0 Å². The molecule has 2 rings (SSSR count). The molecule has 0 unspecified atom stereocenters. The van der Waals surface area contributed by atoms with Crippen molar-refractivity contribution in [1.82, 2.24) is 0 Å². The van der Waals surface area contributed by atoms with Gasteiger partial charge in [-0.3, -0.25) is 4.99 Å². The van der Waals surface area contributed by atoms with Crippen LogP contribution < -0.4 is 5.32 Å². The Morgan fingerprint density at radius 1 is 1.38 bits per heavy atom. The molecule has 1 aliphatic heterocycles. The number of nitrogens with one attached hydrogen (secondary N) is 1. The second kappa shape index (κ2) is 3.21. The van der Waals surface area contributed by atoms with E-state index in [2.05, 4.69) is 42.4 Å². The zero-order valence-electron chi connectivity index (χ0n) is 8.04. The summed E-state index contributed by atoms with van der Waals surface area (Å²) >= 11 is 0. The van der Waals surface area contributed by atoms with Crippen LogP contribution in [0.15, 0.2) is 23.2 Å². The quantitative estimate of drug-likeness (QED) is 0.695. The third-order valence-corrected chi connectivity index (χ3v) is 2.30. The maximum atomic E-state index is 4.31. The van der Waals surface area contributed by atoms with Gasteiger partial charge in [0.05, 0.1) is 17.9 Å². The van der Waals surface area contributed by atoms with Crippen molar-refractivity contribution in [2.24, 2.45) is 4.99 Å². The van der Waals surface area contributed by atoms with Gasteiger partial charge in [-0.05, 0) is 23.6 Å². The lowest BCUT2D eigenvalue weighted by Crippen LogP contribution is -2.07. The fourth-order valence-electron chi connectivity index (χ4n) is 1.47. The van der Waals surface area contributed by atoms with Crippen molar-refractivity contribution in [2.45, 2.75) is 19.8 Å². The number of rotatable bonds is 1. The van der Waals surface area contributed by atoms with Crippen LogP contribution in [0.1, 0.15) is 25.3 Å². The van der Waals surface area contributed by atoms with Crippen LogP contribution in [0, 0.1) is 0 Å². The lowest BCUT2D eigenvalue weighted by atomic mass is 10.0. The number of hydrogen-bond donors (Lipinski definition) is 1. The van der Waals surface area contributed by atoms with Crippen LogP contribution in [0.2, 0.25) is 0 Å². The van der Waals surface area contributed by atoms with Crippen molar-refractivity contribution in [1.29, 1.82) is 0 Å². The first-order valence-electron chi connectivity index (χ1n) is 4.68. The molecule has 0 saturated carbocycles. The van der Waals surface area contributed by atoms with E-state index < -0.39 is 0 Å². The van der Waals surface area contributed by atoms with Gasteiger partial charge in [-0.2, -0.15) is 0 Å². The maximum Gasteiger partial charge on any atom is 0.0858 e. The fraction of sp³-hybridized carbons (Fsp3) is 0.364. The molecule has 1 N–H and O–H groups in total. The molecule has 2 nitrogen and oxygen atoms in total. The highest BCUT2D eigenvalue weighted by Gasteiger charge is 2.06. The SMILES string of the molecule is CC(C)c1ccc2c(c1)NCC=N2. The summed E-state index contributed by atoms with van der Waals surface area (Å²) in [6.45, 7) is 5.25. The van der Waals surface area contributed by atoms with Gasteiger partial charge in [-0.15, -0.1) is 0 Å². The molecule has 1 aromatic carbocycles. The predicted molar refractivity (Wildman–Crippen MR) is 57.2 cm³/mol. The average molecular weight is 174 g/mol. The molecule has 1 aliphatic rings. The molecule has 68 valence electrons. The van der Waals surface area contributed by atoms with E-state index in [1.54, 1.807) is 0 Å². The fourth-order valence-corrected chi connectivity index (χ4v) is 1.47. The zero-order chi connectivity index (χ0) is 9.26. The number of hydrogen-bond acceptors (Lipinski definition) is 2. The van der Waals surface area contributed by atoms with E-state index in [0.717, 1.165) is 17.9 Å². The van der Waals surface area contributed by atoms with Crippen LogP contribution in [0.4, 0.5) is 11.4 Å². The van der Waals surface area contributed by atoms with Crippen molar-refractivity contribution < 1.29 is 0 Å². The van der Waals surface area contributed by atoms with Crippen molar-refractivity contribution in [3.05, 3.63) is 23.8 Å². The number of benzene rings is 1. The average Bonchev–Trinajstić information content (AvgIpc) is 2.17. The number of anilines is 1. The molecule has 0 amide bonds. The Bertz CT molecular complexity index is 340. The molecular weight excluding hydrogens is 160 g/mol. The van der Waals surface area contributed by atoms with Gasteiger partial charge in [0.25, 0.3) is 0 Å². The molecule has 0 aromatic heterocycles. The summed E-state index contributed by atoms with van der Waals surface area (Å²) in [5.74, 6) is 0.581. The second-order valence-electron chi connectivity index (χ2n) is 3.62. The van der Waals surface area contributed by atoms with E-state index >= 15 is 0 Å². The molecule has 0 saturated heterocycles. The van der Waals surface area contributed by atoms with E-state index in [1.807, 2.05) is 6.21 Å². The Balaban J connectivity index is 2.42. The Hall–Kier alpha value is -1.31. The number of fused-ring (bicyclic) bond motifs is 1. The summed E-state index contributed by atoms with van der Waals surface area (Å²) in [6, 6.07) is 6.41. The summed E-state index contributed by atoms with van der Waals surface area (Å²) in [7, 11) is 0. The van der Waals surface area contributed by atoms with Gasteiger partial charge in [0.15, 0.2) is 0 Å². The molecular formula is C11H14N2. The minimum absolute atomic E-state index is 0.581. The topological polar surface area (TPSA) is 24.4 Å². The Kier molecular flexibility index (Phi) is 2.05. The molecule has 0 aliphatic carbocycles. The standard InChI is InChI=1S/C11H14N2/c1-8(2)9-3-4-10-11(7-9)13-6-5-12-10/h3-5,7-8,13H,6H2,1-2H3. The first-order chi connectivity index (χ1) is 6.27. The number of nitrogens with zero attached hydrogens (tertiary/aromatic N) is 1. The lowest BCUT2D eigenvalue weighted by Gasteiger charge is -2.14. The molecule has 13 heavy (non-hydrogen) atoms. The van der Waals surface area contributed by atoms with Gasteiger partial charge in [-0.25, -0.2) is 0 Å². The third kappa shape index (κ3) is 1.57. The molecule has 2 heteroatoms. The first-order valence-corrected chi connectivity index (χ1v) is 4.68. The third-order valence-electron chi connectivity index (χ3n) is 2.30. The van der Waals surface area contributed by atoms with Gasteiger partial charge >= 0.3 is 0 Å². The monoisotopic (exact) mass is 174 g/mol. The lowest BCUT2D eigenvalue weighted by molar-refractivity contribution is 0.867. The van der Waals surface area contributed by atoms with Gasteiger partial charge in [0.2, 0.25) is 0 Å². The highest BCUT2D eigenvalue weighted by atomic mass is 15.0. The Morgan fingerprint density at radius 2 is 2.23 bits per heavy atom. The molecule has 1 heterocycles. The van der Waals surface area contributed by atoms with E-state index in [1.165, 1.54) is 5.56 Å². The highest BCUT2D eigenvalue weighted by Crippen LogP contribution is 2.30. The molecule has 0 fully saturated rings. The predicted octanol–water partition coefficient (Wildman–Crippen LogP) is 2.94. The van der Waals surface area contributed by atoms with Gasteiger partial charge in [0, 0.05) is 6.21 Å². The Labute approximate surface area is 78.7 Å². The van der Waals surface area contributed by atoms with Crippen molar-refractivity contribution in [3.8, 4) is 0 Å². The summed E-state index contributed by atoms with van der Waals surface area (Å²) < 4.78 is 0. The van der Waals surface area contributed by atoms with Crippen LogP contribution in [0.3, 0.4) is 0 Å². The van der Waals surface area contributed by atoms with Crippen molar-refractivity contribution in [3.63, 3.8) is 0 Å². The van der Waals surface area contributed by atoms with Gasteiger partial charge in [-0.1, -0.05) is 19.9 Å². The smallest absolute Gasteiger partial charge is 0.0858 e. The normalized spacial score (nSPS) is 14.1. The zero-order valence-corrected chi connectivity index (χ0v) is 8.04. The summed E-state index contributed by atoms with van der Waals surface area (Å²) in [5, 5.41) is 3.31. The molecule has 0 bridgehead atoms. The van der Waals surface area contributed by atoms with E-state index in [-0.39, 0.29) is 0 Å². The molecule has 0 spiro atoms. The Morgan fingerprint density at radius 3 is 3.00 bits per heavy atom. The van der Waals surface area contributed by atoms with Crippen molar-refractivity contribution >= 4 is 17.6 Å². The first kappa shape index (κ1) is 8.30. The number of aliphatic imine (C=N–C) groups is 1. The van der Waals surface area contributed by atoms with Crippen molar-refractivity contribution in [2.75, 3.05) is 11.9 Å². The highest BCUT2D eigenvalue weighted by molar-refractivity contribution is 5.80. The van der Waals surface area contributed by atoms with E-state index in [0.29, 0.717) is 5.92 Å². The van der Waals surface area contributed by atoms with E-state index in [9.17, 15) is 0 Å². The minimum Gasteiger partial charge on any atom is -0.378 e. The maximum absolute atomic E-state index is 4.31. The van der Waals surface area contributed by atoms with Gasteiger partial charge < -0.3 is 5.32 Å². The minimum atomic E-state index is 0.581. The molecule has 0 radical (unpaired) electrons. The second-order valence-corrected chi connectivity index (χ2v) is 3.62. The van der Waals surface area contributed by atoms with Crippen LogP contribution in [-0.4, -0.2) is 12.8 Å². The van der Waals surface area contributed by atoms with Crippen LogP contribution in [0.5, 0.6) is 0 Å². The molecule has 1 aromatic rings. The summed E-state index contributed by atoms with van der Waals surface area (Å²) in [5.41, 5.74) is 3.58. The van der Waals surface area contributed by atoms with Crippen LogP contribution >= 0.6 is 0 Å². The summed E-state index contributed by atoms with van der Waals surface area (Å²) in [4.78, 5) is 4.31. The van der Waals surface area contributed by atoms with Gasteiger partial charge in [0.1, 0.15) is 0 Å². The molecule has 0 atom stereocenters. The largest absolute Gasteiger partial charge is 0.378 e.